The van der Waals surface area contributed by atoms with Crippen LogP contribution in [0.25, 0.3) is 42.4 Å². The zero-order valence-corrected chi connectivity index (χ0v) is 36.7. The van der Waals surface area contributed by atoms with Gasteiger partial charge in [-0.3, -0.25) is 9.59 Å². The molecule has 0 saturated carbocycles. The van der Waals surface area contributed by atoms with Crippen molar-refractivity contribution in [1.29, 1.82) is 0 Å². The van der Waals surface area contributed by atoms with Crippen molar-refractivity contribution >= 4 is 72.9 Å². The van der Waals surface area contributed by atoms with Crippen LogP contribution >= 0.6 is 22.7 Å². The van der Waals surface area contributed by atoms with Gasteiger partial charge in [-0.25, -0.2) is 0 Å². The number of carbonyl (C=O) groups is 2. The molecule has 2 nitrogen and oxygen atoms in total. The maximum absolute atomic E-state index is 11.7. The molecule has 3 aromatic carbocycles. The topological polar surface area (TPSA) is 34.1 Å². The Morgan fingerprint density at radius 1 is 0.481 bits per heavy atom. The van der Waals surface area contributed by atoms with Crippen molar-refractivity contribution in [2.75, 3.05) is 0 Å². The van der Waals surface area contributed by atoms with E-state index in [-0.39, 0.29) is 0 Å². The van der Waals surface area contributed by atoms with Gasteiger partial charge in [-0.15, -0.1) is 33.8 Å². The quantitative estimate of drug-likeness (QED) is 0.0615. The van der Waals surface area contributed by atoms with Gasteiger partial charge in [0.1, 0.15) is 16.1 Å². The largest absolute Gasteiger partial charge is 0.298 e. The summed E-state index contributed by atoms with van der Waals surface area (Å²) in [6, 6.07) is 17.4. The molecule has 0 fully saturated rings. The molecule has 0 unspecified atom stereocenters. The number of benzene rings is 3. The average molecular weight is 759 g/mol. The first-order valence-corrected chi connectivity index (χ1v) is 25.0. The monoisotopic (exact) mass is 758 g/mol. The highest BCUT2D eigenvalue weighted by atomic mass is 32.1. The molecular formula is C46H54O2S2Si2. The van der Waals surface area contributed by atoms with Crippen LogP contribution < -0.4 is 0 Å². The standard InChI is InChI=1S/C46H54O2S2Si2/c1-29(2)51(30(3)4,31(5)6)19-17-41-39-15-13-38(46-22-36(26-48)28-50-46)24-44(39)42(18-20-52(32(7)8,33(9)10)34(11)12)40-16-14-37(23-43(40)41)45-21-35(25-47)27-49-45/h13-16,21-34H,1-12H3. The minimum atomic E-state index is -2.07. The molecule has 6 heteroatoms. The fraction of sp³-hybridized carbons (Fsp3) is 0.391. The molecular weight excluding hydrogens is 705 g/mol. The second-order valence-electron chi connectivity index (χ2n) is 16.3. The molecule has 52 heavy (non-hydrogen) atoms. The molecule has 270 valence electrons. The van der Waals surface area contributed by atoms with Crippen LogP contribution in [0.2, 0.25) is 33.2 Å². The van der Waals surface area contributed by atoms with Crippen molar-refractivity contribution in [3.05, 3.63) is 81.5 Å². The maximum Gasteiger partial charge on any atom is 0.150 e. The predicted molar refractivity (Wildman–Crippen MR) is 235 cm³/mol. The Kier molecular flexibility index (Phi) is 12.1. The Bertz CT molecular complexity index is 2040. The highest BCUT2D eigenvalue weighted by Crippen LogP contribution is 2.44. The van der Waals surface area contributed by atoms with Crippen molar-refractivity contribution in [3.63, 3.8) is 0 Å². The fourth-order valence-electron chi connectivity index (χ4n) is 9.14. The van der Waals surface area contributed by atoms with Gasteiger partial charge < -0.3 is 0 Å². The van der Waals surface area contributed by atoms with Crippen LogP contribution in [0, 0.1) is 22.9 Å². The van der Waals surface area contributed by atoms with Crippen molar-refractivity contribution in [3.8, 4) is 43.8 Å². The van der Waals surface area contributed by atoms with Crippen LogP contribution in [0.4, 0.5) is 0 Å². The molecule has 0 bridgehead atoms. The van der Waals surface area contributed by atoms with E-state index >= 15 is 0 Å². The number of rotatable bonds is 10. The molecule has 0 aliphatic heterocycles. The molecule has 0 spiro atoms. The minimum absolute atomic E-state index is 0.504. The molecule has 0 N–H and O–H groups in total. The number of hydrogen-bond acceptors (Lipinski definition) is 4. The van der Waals surface area contributed by atoms with Crippen LogP contribution in [-0.2, 0) is 0 Å². The zero-order valence-electron chi connectivity index (χ0n) is 33.0. The molecule has 5 rings (SSSR count). The first-order chi connectivity index (χ1) is 24.6. The summed E-state index contributed by atoms with van der Waals surface area (Å²) in [5, 5.41) is 8.30. The lowest BCUT2D eigenvalue weighted by Gasteiger charge is -2.38. The van der Waals surface area contributed by atoms with Crippen molar-refractivity contribution in [2.45, 2.75) is 116 Å². The molecule has 2 heterocycles. The first-order valence-electron chi connectivity index (χ1n) is 18.8. The summed E-state index contributed by atoms with van der Waals surface area (Å²) in [5.74, 6) is 7.83. The van der Waals surface area contributed by atoms with Gasteiger partial charge in [0.25, 0.3) is 0 Å². The second kappa shape index (κ2) is 15.8. The summed E-state index contributed by atoms with van der Waals surface area (Å²) in [7, 11) is -4.15. The molecule has 5 aromatic rings. The molecule has 0 radical (unpaired) electrons. The number of carbonyl (C=O) groups excluding carboxylic acids is 2. The van der Waals surface area contributed by atoms with E-state index < -0.39 is 16.1 Å². The van der Waals surface area contributed by atoms with Crippen LogP contribution in [0.15, 0.2) is 59.3 Å². The van der Waals surface area contributed by atoms with Gasteiger partial charge in [0.2, 0.25) is 0 Å². The fourth-order valence-corrected chi connectivity index (χ4v) is 21.3. The van der Waals surface area contributed by atoms with E-state index in [4.69, 9.17) is 0 Å². The van der Waals surface area contributed by atoms with Gasteiger partial charge in [0, 0.05) is 42.8 Å². The molecule has 0 aliphatic carbocycles. The average Bonchev–Trinajstić information content (AvgIpc) is 3.78. The van der Waals surface area contributed by atoms with Crippen LogP contribution in [-0.4, -0.2) is 28.7 Å². The van der Waals surface area contributed by atoms with E-state index in [1.54, 1.807) is 22.7 Å². The Balaban J connectivity index is 1.98. The van der Waals surface area contributed by atoms with E-state index in [1.165, 1.54) is 0 Å². The second-order valence-corrected chi connectivity index (χ2v) is 29.3. The van der Waals surface area contributed by atoms with Gasteiger partial charge in [0.15, 0.2) is 12.6 Å². The van der Waals surface area contributed by atoms with Gasteiger partial charge >= 0.3 is 0 Å². The maximum atomic E-state index is 11.7. The zero-order chi connectivity index (χ0) is 38.1. The highest BCUT2D eigenvalue weighted by Gasteiger charge is 2.43. The third kappa shape index (κ3) is 7.08. The summed E-state index contributed by atoms with van der Waals surface area (Å²) >= 11 is 3.20. The van der Waals surface area contributed by atoms with E-state index in [9.17, 15) is 9.59 Å². The normalized spacial score (nSPS) is 12.3. The third-order valence-electron chi connectivity index (χ3n) is 11.7. The summed E-state index contributed by atoms with van der Waals surface area (Å²) in [5.41, 5.74) is 16.8. The van der Waals surface area contributed by atoms with Gasteiger partial charge in [-0.1, -0.05) is 119 Å². The smallest absolute Gasteiger partial charge is 0.150 e. The summed E-state index contributed by atoms with van der Waals surface area (Å²) in [6.07, 6.45) is 1.84. The molecule has 0 atom stereocenters. The van der Waals surface area contributed by atoms with Crippen molar-refractivity contribution in [2.24, 2.45) is 0 Å². The highest BCUT2D eigenvalue weighted by molar-refractivity contribution is 7.14. The van der Waals surface area contributed by atoms with E-state index in [2.05, 4.69) is 142 Å². The lowest BCUT2D eigenvalue weighted by atomic mass is 9.90. The Labute approximate surface area is 322 Å². The molecule has 0 amide bonds. The summed E-state index contributed by atoms with van der Waals surface area (Å²) in [4.78, 5) is 25.5. The molecule has 0 saturated heterocycles. The number of aldehydes is 2. The van der Waals surface area contributed by atoms with Crippen LogP contribution in [0.5, 0.6) is 0 Å². The third-order valence-corrected chi connectivity index (χ3v) is 26.3. The van der Waals surface area contributed by atoms with E-state index in [0.29, 0.717) is 44.4 Å². The van der Waals surface area contributed by atoms with Crippen molar-refractivity contribution in [1.82, 2.24) is 0 Å². The summed E-state index contributed by atoms with van der Waals surface area (Å²) in [6.45, 7) is 28.4. The first kappa shape index (κ1) is 39.7. The van der Waals surface area contributed by atoms with E-state index in [0.717, 1.165) is 66.1 Å². The minimum Gasteiger partial charge on any atom is -0.298 e. The van der Waals surface area contributed by atoms with Crippen LogP contribution in [0.3, 0.4) is 0 Å². The van der Waals surface area contributed by atoms with Crippen LogP contribution in [0.1, 0.15) is 115 Å². The number of fused-ring (bicyclic) bond motifs is 2. The van der Waals surface area contributed by atoms with Gasteiger partial charge in [-0.2, -0.15) is 0 Å². The van der Waals surface area contributed by atoms with E-state index in [1.807, 2.05) is 22.9 Å². The number of thiophene rings is 2. The molecule has 2 aromatic heterocycles. The van der Waals surface area contributed by atoms with Gasteiger partial charge in [-0.05, 0) is 90.2 Å². The Morgan fingerprint density at radius 2 is 0.808 bits per heavy atom. The lowest BCUT2D eigenvalue weighted by molar-refractivity contribution is 0.111. The molecule has 0 aliphatic rings. The van der Waals surface area contributed by atoms with Gasteiger partial charge in [0.05, 0.1) is 0 Å². The Hall–Kier alpha value is -3.53. The SMILES string of the molecule is CC(C)[Si](C#Cc1c2ccc(-c3cc(C=O)cs3)cc2c(C#C[Si](C(C)C)(C(C)C)C(C)C)c2ccc(-c3cc(C=O)cs3)cc12)(C(C)C)C(C)C. The summed E-state index contributed by atoms with van der Waals surface area (Å²) < 4.78 is 0. The number of hydrogen-bond donors (Lipinski definition) is 0. The predicted octanol–water partition coefficient (Wildman–Crippen LogP) is 14.2. The van der Waals surface area contributed by atoms with Crippen molar-refractivity contribution < 1.29 is 9.59 Å². The Morgan fingerprint density at radius 3 is 1.08 bits per heavy atom. The lowest BCUT2D eigenvalue weighted by Crippen LogP contribution is -2.43.